The molecule has 1 atom stereocenters. The third-order valence-electron chi connectivity index (χ3n) is 4.65. The van der Waals surface area contributed by atoms with Crippen molar-refractivity contribution in [3.8, 4) is 11.4 Å². The molecule has 0 aliphatic heterocycles. The molecule has 2 heterocycles. The summed E-state index contributed by atoms with van der Waals surface area (Å²) >= 11 is 0. The van der Waals surface area contributed by atoms with Crippen molar-refractivity contribution in [3.63, 3.8) is 0 Å². The van der Waals surface area contributed by atoms with Gasteiger partial charge in [0.05, 0.1) is 24.9 Å². The normalized spacial score (nSPS) is 12.0. The number of hydrogen-bond donors (Lipinski definition) is 1. The predicted molar refractivity (Wildman–Crippen MR) is 104 cm³/mol. The molecule has 0 fully saturated rings. The standard InChI is InChI=1S/C21H24N4O2/c1-3-19(15-26)25(14-18-6-4-5-11-22-18)21(27)17-9-7-16(8-10-17)20-23-12-13-24(20)2/h4-13,19,26H,3,14-15H2,1-2H3/t19-/m1/s1. The van der Waals surface area contributed by atoms with Crippen LogP contribution in [0.15, 0.2) is 61.1 Å². The summed E-state index contributed by atoms with van der Waals surface area (Å²) < 4.78 is 1.93. The van der Waals surface area contributed by atoms with Gasteiger partial charge in [-0.05, 0) is 30.7 Å². The van der Waals surface area contributed by atoms with E-state index in [0.717, 1.165) is 17.1 Å². The van der Waals surface area contributed by atoms with E-state index in [1.807, 2.05) is 67.2 Å². The quantitative estimate of drug-likeness (QED) is 0.700. The lowest BCUT2D eigenvalue weighted by Crippen LogP contribution is -2.41. The lowest BCUT2D eigenvalue weighted by molar-refractivity contribution is 0.0560. The Hall–Kier alpha value is -2.99. The Morgan fingerprint density at radius 3 is 2.48 bits per heavy atom. The first-order chi connectivity index (χ1) is 13.1. The summed E-state index contributed by atoms with van der Waals surface area (Å²) in [5.74, 6) is 0.731. The Morgan fingerprint density at radius 1 is 1.15 bits per heavy atom. The minimum absolute atomic E-state index is 0.0829. The van der Waals surface area contributed by atoms with Crippen molar-refractivity contribution in [3.05, 3.63) is 72.3 Å². The van der Waals surface area contributed by atoms with Crippen LogP contribution in [0.3, 0.4) is 0 Å². The van der Waals surface area contributed by atoms with Crippen molar-refractivity contribution in [2.75, 3.05) is 6.61 Å². The molecule has 0 spiro atoms. The number of benzene rings is 1. The van der Waals surface area contributed by atoms with Crippen LogP contribution in [0.5, 0.6) is 0 Å². The number of aryl methyl sites for hydroxylation is 1. The summed E-state index contributed by atoms with van der Waals surface area (Å²) in [4.78, 5) is 23.5. The Bertz CT molecular complexity index is 871. The maximum atomic E-state index is 13.1. The fourth-order valence-corrected chi connectivity index (χ4v) is 3.05. The monoisotopic (exact) mass is 364 g/mol. The molecule has 0 saturated heterocycles. The third kappa shape index (κ3) is 4.23. The van der Waals surface area contributed by atoms with Crippen LogP contribution in [0.1, 0.15) is 29.4 Å². The fraction of sp³-hybridized carbons (Fsp3) is 0.286. The minimum Gasteiger partial charge on any atom is -0.394 e. The van der Waals surface area contributed by atoms with Gasteiger partial charge in [0.15, 0.2) is 0 Å². The molecule has 0 radical (unpaired) electrons. The summed E-state index contributed by atoms with van der Waals surface area (Å²) in [6.07, 6.45) is 6.01. The van der Waals surface area contributed by atoms with E-state index in [9.17, 15) is 9.90 Å². The first-order valence-corrected chi connectivity index (χ1v) is 9.03. The van der Waals surface area contributed by atoms with Crippen molar-refractivity contribution in [2.24, 2.45) is 7.05 Å². The van der Waals surface area contributed by atoms with E-state index in [-0.39, 0.29) is 18.6 Å². The summed E-state index contributed by atoms with van der Waals surface area (Å²) in [6, 6.07) is 12.8. The smallest absolute Gasteiger partial charge is 0.254 e. The maximum Gasteiger partial charge on any atom is 0.254 e. The first-order valence-electron chi connectivity index (χ1n) is 9.03. The number of carbonyl (C=O) groups is 1. The summed E-state index contributed by atoms with van der Waals surface area (Å²) in [7, 11) is 1.93. The lowest BCUT2D eigenvalue weighted by atomic mass is 10.1. The van der Waals surface area contributed by atoms with Crippen molar-refractivity contribution < 1.29 is 9.90 Å². The van der Waals surface area contributed by atoms with Crippen LogP contribution in [0.25, 0.3) is 11.4 Å². The van der Waals surface area contributed by atoms with Gasteiger partial charge in [0, 0.05) is 36.8 Å². The van der Waals surface area contributed by atoms with Gasteiger partial charge in [-0.1, -0.05) is 25.1 Å². The summed E-state index contributed by atoms with van der Waals surface area (Å²) in [5, 5.41) is 9.74. The number of rotatable bonds is 7. The van der Waals surface area contributed by atoms with Gasteiger partial charge in [-0.25, -0.2) is 4.98 Å². The molecule has 6 heteroatoms. The number of aromatic nitrogens is 3. The van der Waals surface area contributed by atoms with Gasteiger partial charge in [0.2, 0.25) is 0 Å². The number of aliphatic hydroxyl groups excluding tert-OH is 1. The van der Waals surface area contributed by atoms with E-state index < -0.39 is 0 Å². The van der Waals surface area contributed by atoms with E-state index in [0.29, 0.717) is 18.5 Å². The Labute approximate surface area is 159 Å². The van der Waals surface area contributed by atoms with E-state index in [2.05, 4.69) is 9.97 Å². The lowest BCUT2D eigenvalue weighted by Gasteiger charge is -2.30. The molecule has 140 valence electrons. The highest BCUT2D eigenvalue weighted by molar-refractivity contribution is 5.94. The molecule has 3 aromatic rings. The van der Waals surface area contributed by atoms with Gasteiger partial charge in [-0.2, -0.15) is 0 Å². The molecule has 3 rings (SSSR count). The number of pyridine rings is 1. The second kappa shape index (κ2) is 8.60. The number of aliphatic hydroxyl groups is 1. The zero-order valence-electron chi connectivity index (χ0n) is 15.6. The van der Waals surface area contributed by atoms with Gasteiger partial charge < -0.3 is 14.6 Å². The summed E-state index contributed by atoms with van der Waals surface area (Å²) in [6.45, 7) is 2.24. The summed E-state index contributed by atoms with van der Waals surface area (Å²) in [5.41, 5.74) is 2.32. The number of carbonyl (C=O) groups excluding carboxylic acids is 1. The molecule has 0 saturated carbocycles. The Kier molecular flexibility index (Phi) is 5.98. The van der Waals surface area contributed by atoms with Crippen LogP contribution >= 0.6 is 0 Å². The van der Waals surface area contributed by atoms with Gasteiger partial charge in [0.1, 0.15) is 5.82 Å². The van der Waals surface area contributed by atoms with E-state index >= 15 is 0 Å². The topological polar surface area (TPSA) is 71.2 Å². The van der Waals surface area contributed by atoms with Crippen LogP contribution in [0, 0.1) is 0 Å². The van der Waals surface area contributed by atoms with Crippen LogP contribution in [-0.4, -0.2) is 43.1 Å². The molecule has 2 aromatic heterocycles. The number of nitrogens with zero attached hydrogens (tertiary/aromatic N) is 4. The van der Waals surface area contributed by atoms with Crippen LogP contribution in [0.2, 0.25) is 0 Å². The fourth-order valence-electron chi connectivity index (χ4n) is 3.05. The Morgan fingerprint density at radius 2 is 1.93 bits per heavy atom. The van der Waals surface area contributed by atoms with Gasteiger partial charge in [-0.15, -0.1) is 0 Å². The van der Waals surface area contributed by atoms with Crippen LogP contribution in [-0.2, 0) is 13.6 Å². The zero-order chi connectivity index (χ0) is 19.2. The number of imidazole rings is 1. The van der Waals surface area contributed by atoms with E-state index in [1.165, 1.54) is 0 Å². The van der Waals surface area contributed by atoms with Gasteiger partial charge in [-0.3, -0.25) is 9.78 Å². The van der Waals surface area contributed by atoms with Crippen molar-refractivity contribution >= 4 is 5.91 Å². The molecular weight excluding hydrogens is 340 g/mol. The SMILES string of the molecule is CC[C@H](CO)N(Cc1ccccn1)C(=O)c1ccc(-c2nccn2C)cc1. The highest BCUT2D eigenvalue weighted by Gasteiger charge is 2.24. The first kappa shape index (κ1) is 18.8. The van der Waals surface area contributed by atoms with E-state index in [4.69, 9.17) is 0 Å². The molecule has 1 N–H and O–H groups in total. The molecule has 1 aromatic carbocycles. The second-order valence-corrected chi connectivity index (χ2v) is 6.44. The molecular formula is C21H24N4O2. The molecule has 27 heavy (non-hydrogen) atoms. The average molecular weight is 364 g/mol. The van der Waals surface area contributed by atoms with Gasteiger partial charge >= 0.3 is 0 Å². The Balaban J connectivity index is 1.85. The van der Waals surface area contributed by atoms with Crippen molar-refractivity contribution in [1.82, 2.24) is 19.4 Å². The minimum atomic E-state index is -0.256. The highest BCUT2D eigenvalue weighted by atomic mass is 16.3. The molecule has 0 bridgehead atoms. The molecule has 1 amide bonds. The zero-order valence-corrected chi connectivity index (χ0v) is 15.6. The molecule has 6 nitrogen and oxygen atoms in total. The molecule has 0 aliphatic rings. The number of hydrogen-bond acceptors (Lipinski definition) is 4. The van der Waals surface area contributed by atoms with E-state index in [1.54, 1.807) is 17.3 Å². The van der Waals surface area contributed by atoms with Crippen LogP contribution in [0.4, 0.5) is 0 Å². The second-order valence-electron chi connectivity index (χ2n) is 6.44. The van der Waals surface area contributed by atoms with Gasteiger partial charge in [0.25, 0.3) is 5.91 Å². The largest absolute Gasteiger partial charge is 0.394 e. The third-order valence-corrected chi connectivity index (χ3v) is 4.65. The van der Waals surface area contributed by atoms with Crippen LogP contribution < -0.4 is 0 Å². The van der Waals surface area contributed by atoms with Crippen molar-refractivity contribution in [1.29, 1.82) is 0 Å². The van der Waals surface area contributed by atoms with Crippen molar-refractivity contribution in [2.45, 2.75) is 25.9 Å². The number of amides is 1. The maximum absolute atomic E-state index is 13.1. The molecule has 0 unspecified atom stereocenters. The highest BCUT2D eigenvalue weighted by Crippen LogP contribution is 2.20. The molecule has 0 aliphatic carbocycles. The predicted octanol–water partition coefficient (Wildman–Crippen LogP) is 2.90. The average Bonchev–Trinajstić information content (AvgIpc) is 3.14.